The molecule has 0 atom stereocenters. The van der Waals surface area contributed by atoms with Gasteiger partial charge in [0.2, 0.25) is 0 Å². The average molecular weight is 2410 g/mol. The Morgan fingerprint density at radius 1 is 0.289 bits per heavy atom. The molecule has 0 fully saturated rings. The van der Waals surface area contributed by atoms with Crippen molar-refractivity contribution in [2.75, 3.05) is 14.2 Å². The summed E-state index contributed by atoms with van der Waals surface area (Å²) in [5.74, 6) is 2.75. The molecule has 0 aromatic rings. The van der Waals surface area contributed by atoms with E-state index in [0.29, 0.717) is 0 Å². The second-order valence-electron chi connectivity index (χ2n) is 29.7. The molecule has 0 aromatic carbocycles. The Bertz CT molecular complexity index is 1880. The van der Waals surface area contributed by atoms with Crippen molar-refractivity contribution in [2.45, 2.75) is 295 Å². The predicted octanol–water partition coefficient (Wildman–Crippen LogP) is 17.2. The van der Waals surface area contributed by atoms with E-state index in [1.807, 2.05) is 180 Å². The topological polar surface area (TPSA) is 371 Å². The van der Waals surface area contributed by atoms with Crippen molar-refractivity contribution in [1.29, 1.82) is 0 Å². The van der Waals surface area contributed by atoms with E-state index in [9.17, 15) is 49.5 Å². The van der Waals surface area contributed by atoms with Crippen molar-refractivity contribution in [2.24, 2.45) is 56.2 Å². The van der Waals surface area contributed by atoms with Gasteiger partial charge in [-0.2, -0.15) is 0 Å². The number of aliphatic hydroxyl groups is 12. The molecule has 580 valence electrons. The third-order valence-electron chi connectivity index (χ3n) is 8.81. The summed E-state index contributed by atoms with van der Waals surface area (Å²) >= 11 is 0. The summed E-state index contributed by atoms with van der Waals surface area (Å²) in [7, 11) is 2.00. The summed E-state index contributed by atoms with van der Waals surface area (Å²) < 4.78 is 0. The number of allylic oxidation sites excluding steroid dienone is 12. The first kappa shape index (κ1) is 150. The molecule has 0 unspecified atom stereocenters. The number of hydrogen-bond acceptors (Lipinski definition) is 12. The van der Waals surface area contributed by atoms with Gasteiger partial charge in [-0.25, -0.2) is 0 Å². The zero-order valence-corrected chi connectivity index (χ0v) is 86.0. The van der Waals surface area contributed by atoms with E-state index in [2.05, 4.69) is 0 Å². The van der Waals surface area contributed by atoms with Crippen LogP contribution in [0.5, 0.6) is 0 Å². The van der Waals surface area contributed by atoms with Gasteiger partial charge in [-0.05, 0) is 132 Å². The van der Waals surface area contributed by atoms with Gasteiger partial charge < -0.3 is 61.3 Å². The minimum atomic E-state index is -0.500. The Hall–Kier alpha value is -0.538. The molecule has 0 saturated carbocycles. The normalized spacial score (nSPS) is 11.4. The molecule has 18 nitrogen and oxygen atoms in total. The van der Waals surface area contributed by atoms with Gasteiger partial charge in [-0.15, -0.1) is 0 Å². The van der Waals surface area contributed by atoms with Crippen LogP contribution in [0.2, 0.25) is 0 Å². The van der Waals surface area contributed by atoms with E-state index in [0.717, 1.165) is 14.2 Å². The SMILES string of the molecule is C.C.CC(=[OH+])C=C(C)O.CC(C)(C)C(=[OH+])C=C(O)C(C)(C)C.CC(C)(C)C(=[OH+])C=C(O)C(C)(C)C.CC(C)(C)C(=[OH+])C=C(O)C(C)(C)C.CC(C)(C)O.CC(C)C(=[OH+])C=C(O)C(C)C.CC(C)C(=[OH+])C=C(O)C(C)C.CC(C)O.CC(C)O.CC(C)O.CO.CO.[Ta].[Ta].[Ta].[Ta].[Ta].[Ta]. The number of ketones is 6. The first-order chi connectivity index (χ1) is 38.9. The summed E-state index contributed by atoms with van der Waals surface area (Å²) in [5, 5.41) is 102. The molecule has 0 aliphatic rings. The molecule has 0 rings (SSSR count). The maximum Gasteiger partial charge on any atom is 0.325 e. The maximum atomic E-state index is 9.60. The molecule has 0 aliphatic heterocycles. The van der Waals surface area contributed by atoms with Gasteiger partial charge in [0.25, 0.3) is 0 Å². The van der Waals surface area contributed by atoms with E-state index < -0.39 is 5.60 Å². The third-order valence-corrected chi connectivity index (χ3v) is 8.81. The van der Waals surface area contributed by atoms with Gasteiger partial charge in [0.1, 0.15) is 28.8 Å². The minimum absolute atomic E-state index is 0. The van der Waals surface area contributed by atoms with Crippen LogP contribution in [-0.2, 0) is 134 Å². The second kappa shape index (κ2) is 78.1. The zero-order valence-electron chi connectivity index (χ0n) is 66.7. The van der Waals surface area contributed by atoms with Crippen LogP contribution in [0.15, 0.2) is 71.0 Å². The largest absolute Gasteiger partial charge is 0.512 e. The molecule has 0 saturated heterocycles. The van der Waals surface area contributed by atoms with E-state index in [1.54, 1.807) is 62.3 Å². The number of hydrogen-bond donors (Lipinski definition) is 12. The quantitative estimate of drug-likeness (QED) is 0.0552. The number of rotatable bonds is 10. The molecule has 18 N–H and O–H groups in total. The molecular formula is C73H156O18Ta6+6. The Kier molecular flexibility index (Phi) is 121. The van der Waals surface area contributed by atoms with E-state index in [1.165, 1.54) is 50.3 Å². The zero-order chi connectivity index (χ0) is 75.7. The molecule has 0 aliphatic carbocycles. The number of carbonyl (C=O) groups excluding carboxylic acids is 6. The van der Waals surface area contributed by atoms with Crippen LogP contribution in [0.25, 0.3) is 0 Å². The van der Waals surface area contributed by atoms with Gasteiger partial charge in [0.15, 0.2) is 0 Å². The first-order valence-corrected chi connectivity index (χ1v) is 30.3. The molecular weight excluding hydrogens is 2250 g/mol. The van der Waals surface area contributed by atoms with Crippen LogP contribution in [0, 0.1) is 56.2 Å². The van der Waals surface area contributed by atoms with Crippen molar-refractivity contribution >= 4 is 34.7 Å². The third kappa shape index (κ3) is 146. The van der Waals surface area contributed by atoms with Crippen LogP contribution in [0.4, 0.5) is 0 Å². The minimum Gasteiger partial charge on any atom is -0.512 e. The van der Waals surface area contributed by atoms with Crippen molar-refractivity contribution in [3.8, 4) is 0 Å². The fraction of sp³-hybridized carbons (Fsp3) is 0.753. The molecule has 0 amide bonds. The fourth-order valence-electron chi connectivity index (χ4n) is 2.96. The van der Waals surface area contributed by atoms with Crippen LogP contribution in [0.3, 0.4) is 0 Å². The summed E-state index contributed by atoms with van der Waals surface area (Å²) in [5.41, 5.74) is -2.34. The summed E-state index contributed by atoms with van der Waals surface area (Å²) in [6, 6.07) is 0. The van der Waals surface area contributed by atoms with E-state index in [4.69, 9.17) is 40.5 Å². The van der Waals surface area contributed by atoms with Gasteiger partial charge in [-0.3, -0.25) is 28.8 Å². The van der Waals surface area contributed by atoms with Crippen LogP contribution >= 0.6 is 0 Å². The Morgan fingerprint density at radius 3 is 0.485 bits per heavy atom. The van der Waals surface area contributed by atoms with Crippen molar-refractivity contribution in [3.63, 3.8) is 0 Å². The Balaban J connectivity index is -0.0000000380. The summed E-state index contributed by atoms with van der Waals surface area (Å²) in [6.07, 6.45) is 7.96. The second-order valence-corrected chi connectivity index (χ2v) is 29.7. The monoisotopic (exact) mass is 2410 g/mol. The smallest absolute Gasteiger partial charge is 0.325 e. The maximum absolute atomic E-state index is 9.60. The standard InChI is InChI=1S/3C11H20O2.2C9H16O2.C5H8O2.C4H10O.3C3H8O.2CH4O.2CH4.6Ta/c3*1-10(2,3)8(12)7-9(13)11(4,5)6;2*1-6(2)8(10)5-9(11)7(3)4;1-4(6)3-5(2)7;1-4(2,3)5;3*1-3(2)4;2*1-2;;;;;;;;/h3*7,12H,1-6H3;2*5-7,10H,1-4H3;3,6H,1-2H3;5H,1-3H3;3*3-4H,1-2H3;2*2H,1H3;2*1H4;;;;;;/p+6. The van der Waals surface area contributed by atoms with Crippen molar-refractivity contribution in [1.82, 2.24) is 0 Å². The van der Waals surface area contributed by atoms with Crippen molar-refractivity contribution in [3.05, 3.63) is 71.0 Å². The first-order valence-electron chi connectivity index (χ1n) is 30.3. The van der Waals surface area contributed by atoms with Crippen LogP contribution in [0.1, 0.15) is 271 Å². The van der Waals surface area contributed by atoms with Crippen LogP contribution < -0.4 is 0 Å². The van der Waals surface area contributed by atoms with Gasteiger partial charge in [0, 0.05) is 195 Å². The van der Waals surface area contributed by atoms with E-state index in [-0.39, 0.29) is 293 Å². The molecule has 24 heteroatoms. The van der Waals surface area contributed by atoms with Crippen molar-refractivity contribution < 1.29 is 224 Å². The fourth-order valence-corrected chi connectivity index (χ4v) is 2.96. The summed E-state index contributed by atoms with van der Waals surface area (Å²) in [4.78, 5) is 55.7. The van der Waals surface area contributed by atoms with Gasteiger partial charge in [-0.1, -0.05) is 133 Å². The molecule has 0 heterocycles. The molecule has 0 spiro atoms. The molecule has 6 radical (unpaired) electrons. The number of aliphatic hydroxyl groups excluding tert-OH is 11. The van der Waals surface area contributed by atoms with Crippen LogP contribution in [-0.4, -0.2) is 163 Å². The van der Waals surface area contributed by atoms with Gasteiger partial charge >= 0.3 is 34.7 Å². The predicted molar refractivity (Wildman–Crippen MR) is 397 cm³/mol. The average Bonchev–Trinajstić information content (AvgIpc) is 3.27. The van der Waals surface area contributed by atoms with E-state index >= 15 is 0 Å². The molecule has 0 bridgehead atoms. The molecule has 97 heavy (non-hydrogen) atoms. The Morgan fingerprint density at radius 2 is 0.423 bits per heavy atom. The summed E-state index contributed by atoms with van der Waals surface area (Å²) in [6.45, 7) is 67.7. The van der Waals surface area contributed by atoms with Gasteiger partial charge in [0.05, 0.1) is 82.8 Å². The molecule has 0 aromatic heterocycles. The Labute approximate surface area is 688 Å².